The fourth-order valence-electron chi connectivity index (χ4n) is 2.94. The van der Waals surface area contributed by atoms with Crippen LogP contribution in [0, 0.1) is 5.92 Å². The van der Waals surface area contributed by atoms with Crippen LogP contribution in [0.25, 0.3) is 0 Å². The van der Waals surface area contributed by atoms with Gasteiger partial charge in [0.15, 0.2) is 5.78 Å². The first-order chi connectivity index (χ1) is 6.77. The molecule has 80 valence electrons. The van der Waals surface area contributed by atoms with Crippen LogP contribution < -0.4 is 5.32 Å². The molecule has 2 aliphatic rings. The van der Waals surface area contributed by atoms with Gasteiger partial charge in [-0.25, -0.2) is 0 Å². The molecular weight excluding hydrogens is 176 g/mol. The maximum Gasteiger partial charge on any atom is 0.151 e. The summed E-state index contributed by atoms with van der Waals surface area (Å²) in [5.74, 6) is 1.13. The number of Topliss-reactive ketones (excluding diaryl/α,β-unsaturated/α-hetero) is 1. The van der Waals surface area contributed by atoms with Crippen LogP contribution in [-0.4, -0.2) is 42.4 Å². The van der Waals surface area contributed by atoms with E-state index < -0.39 is 0 Å². The zero-order valence-corrected chi connectivity index (χ0v) is 9.12. The number of nitrogens with zero attached hydrogens (tertiary/aromatic N) is 1. The molecule has 0 amide bonds. The number of carbonyl (C=O) groups excluding carboxylic acids is 1. The molecule has 2 aliphatic heterocycles. The summed E-state index contributed by atoms with van der Waals surface area (Å²) in [6.45, 7) is 7.34. The standard InChI is InChI=1S/C11H20N2O/c1-3-9(14)11-10-8(5-6-12-10)7-13(11)4-2/h8,10-12H,3-7H2,1-2H3. The van der Waals surface area contributed by atoms with Gasteiger partial charge in [-0.3, -0.25) is 9.69 Å². The lowest BCUT2D eigenvalue weighted by molar-refractivity contribution is -0.123. The Balaban J connectivity index is 2.13. The van der Waals surface area contributed by atoms with Gasteiger partial charge < -0.3 is 5.32 Å². The van der Waals surface area contributed by atoms with Gasteiger partial charge in [-0.1, -0.05) is 13.8 Å². The quantitative estimate of drug-likeness (QED) is 0.719. The molecule has 3 atom stereocenters. The molecule has 2 rings (SSSR count). The lowest BCUT2D eigenvalue weighted by atomic mass is 9.97. The fourth-order valence-corrected chi connectivity index (χ4v) is 2.94. The molecule has 0 saturated carbocycles. The molecule has 3 unspecified atom stereocenters. The second-order valence-corrected chi connectivity index (χ2v) is 4.38. The van der Waals surface area contributed by atoms with E-state index in [0.717, 1.165) is 25.6 Å². The van der Waals surface area contributed by atoms with Crippen molar-refractivity contribution < 1.29 is 4.79 Å². The smallest absolute Gasteiger partial charge is 0.151 e. The van der Waals surface area contributed by atoms with Gasteiger partial charge >= 0.3 is 0 Å². The van der Waals surface area contributed by atoms with Crippen molar-refractivity contribution >= 4 is 5.78 Å². The van der Waals surface area contributed by atoms with Crippen molar-refractivity contribution in [2.45, 2.75) is 38.8 Å². The van der Waals surface area contributed by atoms with E-state index in [9.17, 15) is 4.79 Å². The van der Waals surface area contributed by atoms with Crippen molar-refractivity contribution in [3.05, 3.63) is 0 Å². The summed E-state index contributed by atoms with van der Waals surface area (Å²) in [6, 6.07) is 0.611. The minimum absolute atomic E-state index is 0.164. The van der Waals surface area contributed by atoms with Gasteiger partial charge in [-0.15, -0.1) is 0 Å². The number of likely N-dealkylation sites (N-methyl/N-ethyl adjacent to an activating group) is 1. The molecule has 0 spiro atoms. The predicted molar refractivity (Wildman–Crippen MR) is 56.2 cm³/mol. The lowest BCUT2D eigenvalue weighted by Crippen LogP contribution is -2.46. The number of hydrogen-bond donors (Lipinski definition) is 1. The van der Waals surface area contributed by atoms with Gasteiger partial charge in [0.05, 0.1) is 6.04 Å². The Bertz CT molecular complexity index is 229. The van der Waals surface area contributed by atoms with Crippen LogP contribution in [0.15, 0.2) is 0 Å². The maximum atomic E-state index is 11.8. The van der Waals surface area contributed by atoms with Gasteiger partial charge in [0, 0.05) is 19.0 Å². The molecule has 2 heterocycles. The Morgan fingerprint density at radius 1 is 1.50 bits per heavy atom. The monoisotopic (exact) mass is 196 g/mol. The van der Waals surface area contributed by atoms with Crippen LogP contribution in [0.1, 0.15) is 26.7 Å². The number of nitrogens with one attached hydrogen (secondary N) is 1. The van der Waals surface area contributed by atoms with Crippen LogP contribution in [0.3, 0.4) is 0 Å². The second kappa shape index (κ2) is 3.99. The average molecular weight is 196 g/mol. The minimum atomic E-state index is 0.164. The summed E-state index contributed by atoms with van der Waals surface area (Å²) < 4.78 is 0. The third-order valence-corrected chi connectivity index (χ3v) is 3.69. The van der Waals surface area contributed by atoms with Gasteiger partial charge in [-0.2, -0.15) is 0 Å². The van der Waals surface area contributed by atoms with Crippen molar-refractivity contribution in [3.63, 3.8) is 0 Å². The van der Waals surface area contributed by atoms with Crippen LogP contribution in [-0.2, 0) is 4.79 Å². The van der Waals surface area contributed by atoms with Crippen LogP contribution in [0.2, 0.25) is 0 Å². The van der Waals surface area contributed by atoms with Gasteiger partial charge in [0.2, 0.25) is 0 Å². The van der Waals surface area contributed by atoms with E-state index in [2.05, 4.69) is 17.1 Å². The van der Waals surface area contributed by atoms with Crippen LogP contribution in [0.4, 0.5) is 0 Å². The zero-order chi connectivity index (χ0) is 10.1. The first-order valence-electron chi connectivity index (χ1n) is 5.78. The topological polar surface area (TPSA) is 32.3 Å². The summed E-state index contributed by atoms with van der Waals surface area (Å²) in [5, 5.41) is 3.49. The summed E-state index contributed by atoms with van der Waals surface area (Å²) >= 11 is 0. The van der Waals surface area contributed by atoms with Crippen LogP contribution in [0.5, 0.6) is 0 Å². The third kappa shape index (κ3) is 1.48. The molecule has 1 N–H and O–H groups in total. The Morgan fingerprint density at radius 2 is 2.29 bits per heavy atom. The molecular formula is C11H20N2O. The molecule has 3 nitrogen and oxygen atoms in total. The normalized spacial score (nSPS) is 37.4. The van der Waals surface area contributed by atoms with Crippen molar-refractivity contribution in [3.8, 4) is 0 Å². The van der Waals surface area contributed by atoms with Crippen LogP contribution >= 0.6 is 0 Å². The molecule has 0 radical (unpaired) electrons. The zero-order valence-electron chi connectivity index (χ0n) is 9.12. The van der Waals surface area contributed by atoms with E-state index in [-0.39, 0.29) is 6.04 Å². The molecule has 3 heteroatoms. The van der Waals surface area contributed by atoms with E-state index in [0.29, 0.717) is 18.2 Å². The van der Waals surface area contributed by atoms with Crippen molar-refractivity contribution in [1.82, 2.24) is 10.2 Å². The van der Waals surface area contributed by atoms with Crippen molar-refractivity contribution in [2.75, 3.05) is 19.6 Å². The number of fused-ring (bicyclic) bond motifs is 1. The summed E-state index contributed by atoms with van der Waals surface area (Å²) in [5.41, 5.74) is 0. The Morgan fingerprint density at radius 3 is 2.93 bits per heavy atom. The van der Waals surface area contributed by atoms with Gasteiger partial charge in [-0.05, 0) is 25.4 Å². The molecule has 2 fully saturated rings. The number of carbonyl (C=O) groups is 1. The summed E-state index contributed by atoms with van der Waals surface area (Å²) in [4.78, 5) is 14.2. The van der Waals surface area contributed by atoms with E-state index in [4.69, 9.17) is 0 Å². The predicted octanol–water partition coefficient (Wildman–Crippen LogP) is 0.648. The Hall–Kier alpha value is -0.410. The number of rotatable bonds is 3. The Labute approximate surface area is 85.8 Å². The number of ketones is 1. The highest BCUT2D eigenvalue weighted by Crippen LogP contribution is 2.30. The fraction of sp³-hybridized carbons (Fsp3) is 0.909. The van der Waals surface area contributed by atoms with E-state index >= 15 is 0 Å². The van der Waals surface area contributed by atoms with E-state index in [1.54, 1.807) is 0 Å². The SMILES string of the molecule is CCC(=O)C1C2NCCC2CN1CC. The highest BCUT2D eigenvalue weighted by Gasteiger charge is 2.45. The van der Waals surface area contributed by atoms with E-state index in [1.165, 1.54) is 6.42 Å². The third-order valence-electron chi connectivity index (χ3n) is 3.69. The summed E-state index contributed by atoms with van der Waals surface area (Å²) in [6.07, 6.45) is 1.92. The molecule has 2 saturated heterocycles. The van der Waals surface area contributed by atoms with Crippen molar-refractivity contribution in [1.29, 1.82) is 0 Å². The molecule has 0 aliphatic carbocycles. The Kier molecular flexibility index (Phi) is 2.88. The first kappa shape index (κ1) is 10.1. The summed E-state index contributed by atoms with van der Waals surface area (Å²) in [7, 11) is 0. The average Bonchev–Trinajstić information content (AvgIpc) is 2.74. The largest absolute Gasteiger partial charge is 0.312 e. The minimum Gasteiger partial charge on any atom is -0.312 e. The highest BCUT2D eigenvalue weighted by atomic mass is 16.1. The number of hydrogen-bond acceptors (Lipinski definition) is 3. The molecule has 0 aromatic carbocycles. The second-order valence-electron chi connectivity index (χ2n) is 4.38. The molecule has 0 aromatic heterocycles. The molecule has 14 heavy (non-hydrogen) atoms. The highest BCUT2D eigenvalue weighted by molar-refractivity contribution is 5.85. The van der Waals surface area contributed by atoms with Crippen molar-refractivity contribution in [2.24, 2.45) is 5.92 Å². The maximum absolute atomic E-state index is 11.8. The number of likely N-dealkylation sites (tertiary alicyclic amines) is 1. The first-order valence-corrected chi connectivity index (χ1v) is 5.78. The molecule has 0 bridgehead atoms. The van der Waals surface area contributed by atoms with Gasteiger partial charge in [0.25, 0.3) is 0 Å². The van der Waals surface area contributed by atoms with E-state index in [1.807, 2.05) is 6.92 Å². The van der Waals surface area contributed by atoms with Gasteiger partial charge in [0.1, 0.15) is 0 Å². The lowest BCUT2D eigenvalue weighted by Gasteiger charge is -2.25. The molecule has 0 aromatic rings.